The fraction of sp³-hybridized carbons (Fsp3) is 0.692. The van der Waals surface area contributed by atoms with Gasteiger partial charge >= 0.3 is 0 Å². The molecule has 100 valence electrons. The highest BCUT2D eigenvalue weighted by atomic mass is 16.5. The Kier molecular flexibility index (Phi) is 4.90. The molecule has 0 radical (unpaired) electrons. The van der Waals surface area contributed by atoms with Gasteiger partial charge in [-0.25, -0.2) is 4.98 Å². The predicted molar refractivity (Wildman–Crippen MR) is 71.7 cm³/mol. The number of methoxy groups -OCH3 is 1. The lowest BCUT2D eigenvalue weighted by Crippen LogP contribution is -2.23. The van der Waals surface area contributed by atoms with Crippen LogP contribution in [0.2, 0.25) is 0 Å². The van der Waals surface area contributed by atoms with Gasteiger partial charge in [-0.15, -0.1) is 0 Å². The molecule has 1 aliphatic heterocycles. The molecule has 1 fully saturated rings. The summed E-state index contributed by atoms with van der Waals surface area (Å²) in [4.78, 5) is 11.1. The van der Waals surface area contributed by atoms with Crippen LogP contribution in [0.5, 0.6) is 0 Å². The van der Waals surface area contributed by atoms with Crippen molar-refractivity contribution in [3.63, 3.8) is 0 Å². The fourth-order valence-electron chi connectivity index (χ4n) is 2.12. The zero-order chi connectivity index (χ0) is 12.8. The average Bonchev–Trinajstić information content (AvgIpc) is 2.89. The van der Waals surface area contributed by atoms with E-state index in [4.69, 9.17) is 4.74 Å². The number of nitrogens with one attached hydrogen (secondary N) is 1. The SMILES string of the molecule is CCCNCc1cnc(N2CCC(OC)C2)cn1. The minimum absolute atomic E-state index is 0.331. The summed E-state index contributed by atoms with van der Waals surface area (Å²) >= 11 is 0. The summed E-state index contributed by atoms with van der Waals surface area (Å²) in [7, 11) is 1.77. The summed E-state index contributed by atoms with van der Waals surface area (Å²) in [5.74, 6) is 0.953. The maximum Gasteiger partial charge on any atom is 0.147 e. The Morgan fingerprint density at radius 1 is 1.44 bits per heavy atom. The van der Waals surface area contributed by atoms with Gasteiger partial charge < -0.3 is 15.0 Å². The number of aromatic nitrogens is 2. The van der Waals surface area contributed by atoms with Crippen LogP contribution in [0.25, 0.3) is 0 Å². The zero-order valence-corrected chi connectivity index (χ0v) is 11.2. The smallest absolute Gasteiger partial charge is 0.147 e. The monoisotopic (exact) mass is 250 g/mol. The molecule has 1 unspecified atom stereocenters. The third kappa shape index (κ3) is 3.40. The van der Waals surface area contributed by atoms with Crippen molar-refractivity contribution in [2.45, 2.75) is 32.4 Å². The van der Waals surface area contributed by atoms with Gasteiger partial charge in [0.2, 0.25) is 0 Å². The molecule has 0 bridgehead atoms. The number of rotatable bonds is 6. The van der Waals surface area contributed by atoms with Crippen molar-refractivity contribution in [2.24, 2.45) is 0 Å². The first-order chi connectivity index (χ1) is 8.83. The van der Waals surface area contributed by atoms with Crippen molar-refractivity contribution in [2.75, 3.05) is 31.6 Å². The minimum atomic E-state index is 0.331. The van der Waals surface area contributed by atoms with Crippen LogP contribution >= 0.6 is 0 Å². The summed E-state index contributed by atoms with van der Waals surface area (Å²) in [6.45, 7) is 5.88. The van der Waals surface area contributed by atoms with Gasteiger partial charge in [0.1, 0.15) is 5.82 Å². The van der Waals surface area contributed by atoms with Gasteiger partial charge in [-0.05, 0) is 19.4 Å². The van der Waals surface area contributed by atoms with Gasteiger partial charge in [0, 0.05) is 26.7 Å². The van der Waals surface area contributed by atoms with E-state index >= 15 is 0 Å². The standard InChI is InChI=1S/C13H22N4O/c1-3-5-14-7-11-8-16-13(9-15-11)17-6-4-12(10-17)18-2/h8-9,12,14H,3-7,10H2,1-2H3. The van der Waals surface area contributed by atoms with Gasteiger partial charge in [0.15, 0.2) is 0 Å². The highest BCUT2D eigenvalue weighted by molar-refractivity contribution is 5.37. The van der Waals surface area contributed by atoms with Crippen molar-refractivity contribution in [3.8, 4) is 0 Å². The fourth-order valence-corrected chi connectivity index (χ4v) is 2.12. The first-order valence-corrected chi connectivity index (χ1v) is 6.63. The molecule has 1 aromatic rings. The molecule has 0 aromatic carbocycles. The molecule has 1 aliphatic rings. The maximum absolute atomic E-state index is 5.35. The molecule has 1 atom stereocenters. The number of ether oxygens (including phenoxy) is 1. The molecule has 1 aromatic heterocycles. The average molecular weight is 250 g/mol. The third-order valence-corrected chi connectivity index (χ3v) is 3.23. The zero-order valence-electron chi connectivity index (χ0n) is 11.2. The second kappa shape index (κ2) is 6.66. The van der Waals surface area contributed by atoms with E-state index in [-0.39, 0.29) is 0 Å². The molecular weight excluding hydrogens is 228 g/mol. The molecule has 0 saturated carbocycles. The van der Waals surface area contributed by atoms with Gasteiger partial charge in [0.05, 0.1) is 24.2 Å². The van der Waals surface area contributed by atoms with Crippen molar-refractivity contribution in [1.82, 2.24) is 15.3 Å². The van der Waals surface area contributed by atoms with E-state index in [1.807, 2.05) is 12.4 Å². The van der Waals surface area contributed by atoms with Crippen LogP contribution in [-0.4, -0.2) is 42.8 Å². The number of hydrogen-bond donors (Lipinski definition) is 1. The molecule has 2 heterocycles. The largest absolute Gasteiger partial charge is 0.380 e. The van der Waals surface area contributed by atoms with Crippen LogP contribution in [0, 0.1) is 0 Å². The Morgan fingerprint density at radius 2 is 2.33 bits per heavy atom. The highest BCUT2D eigenvalue weighted by Gasteiger charge is 2.23. The van der Waals surface area contributed by atoms with E-state index in [0.717, 1.165) is 50.5 Å². The van der Waals surface area contributed by atoms with Gasteiger partial charge in [-0.3, -0.25) is 4.98 Å². The number of anilines is 1. The van der Waals surface area contributed by atoms with E-state index in [0.29, 0.717) is 6.10 Å². The lowest BCUT2D eigenvalue weighted by molar-refractivity contribution is 0.121. The second-order valence-electron chi connectivity index (χ2n) is 4.64. The quantitative estimate of drug-likeness (QED) is 0.769. The molecule has 1 saturated heterocycles. The van der Waals surface area contributed by atoms with Crippen LogP contribution in [0.15, 0.2) is 12.4 Å². The molecular formula is C13H22N4O. The number of nitrogens with zero attached hydrogens (tertiary/aromatic N) is 3. The molecule has 0 amide bonds. The van der Waals surface area contributed by atoms with Crippen molar-refractivity contribution >= 4 is 5.82 Å². The summed E-state index contributed by atoms with van der Waals surface area (Å²) in [6.07, 6.45) is 6.26. The van der Waals surface area contributed by atoms with E-state index in [1.165, 1.54) is 0 Å². The van der Waals surface area contributed by atoms with Crippen molar-refractivity contribution in [3.05, 3.63) is 18.1 Å². The molecule has 2 rings (SSSR count). The Hall–Kier alpha value is -1.20. The Bertz CT molecular complexity index is 355. The van der Waals surface area contributed by atoms with Gasteiger partial charge in [-0.2, -0.15) is 0 Å². The molecule has 1 N–H and O–H groups in total. The van der Waals surface area contributed by atoms with E-state index in [1.54, 1.807) is 7.11 Å². The topological polar surface area (TPSA) is 50.3 Å². The first-order valence-electron chi connectivity index (χ1n) is 6.63. The molecule has 0 spiro atoms. The van der Waals surface area contributed by atoms with Crippen LogP contribution in [-0.2, 0) is 11.3 Å². The lowest BCUT2D eigenvalue weighted by atomic mass is 10.3. The van der Waals surface area contributed by atoms with Crippen LogP contribution < -0.4 is 10.2 Å². The van der Waals surface area contributed by atoms with Crippen molar-refractivity contribution < 1.29 is 4.74 Å². The van der Waals surface area contributed by atoms with Crippen LogP contribution in [0.1, 0.15) is 25.5 Å². The Labute approximate surface area is 109 Å². The number of hydrogen-bond acceptors (Lipinski definition) is 5. The normalized spacial score (nSPS) is 19.4. The lowest BCUT2D eigenvalue weighted by Gasteiger charge is -2.16. The molecule has 5 heteroatoms. The third-order valence-electron chi connectivity index (χ3n) is 3.23. The van der Waals surface area contributed by atoms with E-state index in [9.17, 15) is 0 Å². The Morgan fingerprint density at radius 3 is 2.94 bits per heavy atom. The minimum Gasteiger partial charge on any atom is -0.380 e. The van der Waals surface area contributed by atoms with Gasteiger partial charge in [-0.1, -0.05) is 6.92 Å². The summed E-state index contributed by atoms with van der Waals surface area (Å²) < 4.78 is 5.35. The van der Waals surface area contributed by atoms with Crippen LogP contribution in [0.3, 0.4) is 0 Å². The van der Waals surface area contributed by atoms with Crippen LogP contribution in [0.4, 0.5) is 5.82 Å². The molecule has 0 aliphatic carbocycles. The Balaban J connectivity index is 1.87. The van der Waals surface area contributed by atoms with Gasteiger partial charge in [0.25, 0.3) is 0 Å². The summed E-state index contributed by atoms with van der Waals surface area (Å²) in [5, 5.41) is 3.32. The van der Waals surface area contributed by atoms with E-state index in [2.05, 4.69) is 27.1 Å². The maximum atomic E-state index is 5.35. The van der Waals surface area contributed by atoms with Crippen molar-refractivity contribution in [1.29, 1.82) is 0 Å². The predicted octanol–water partition coefficient (Wildman–Crippen LogP) is 1.20. The summed E-state index contributed by atoms with van der Waals surface area (Å²) in [5.41, 5.74) is 0.995. The first kappa shape index (κ1) is 13.2. The highest BCUT2D eigenvalue weighted by Crippen LogP contribution is 2.18. The molecule has 18 heavy (non-hydrogen) atoms. The second-order valence-corrected chi connectivity index (χ2v) is 4.64. The molecule has 5 nitrogen and oxygen atoms in total. The summed E-state index contributed by atoms with van der Waals surface area (Å²) in [6, 6.07) is 0. The van der Waals surface area contributed by atoms with E-state index < -0.39 is 0 Å².